The van der Waals surface area contributed by atoms with Crippen LogP contribution in [0.3, 0.4) is 0 Å². The summed E-state index contributed by atoms with van der Waals surface area (Å²) in [6.07, 6.45) is 3.81. The van der Waals surface area contributed by atoms with Gasteiger partial charge in [0.1, 0.15) is 11.6 Å². The molecule has 3 heteroatoms. The Bertz CT molecular complexity index is 461. The summed E-state index contributed by atoms with van der Waals surface area (Å²) in [6, 6.07) is 4.41. The molecule has 0 radical (unpaired) electrons. The molecule has 2 aliphatic rings. The van der Waals surface area contributed by atoms with Crippen LogP contribution in [0.25, 0.3) is 0 Å². The largest absolute Gasteiger partial charge is 0.299 e. The van der Waals surface area contributed by atoms with E-state index in [1.54, 1.807) is 6.07 Å². The van der Waals surface area contributed by atoms with Crippen molar-refractivity contribution in [2.75, 3.05) is 0 Å². The second-order valence-electron chi connectivity index (χ2n) is 5.16. The Balaban J connectivity index is 1.71. The summed E-state index contributed by atoms with van der Waals surface area (Å²) in [5.74, 6) is 1.28. The van der Waals surface area contributed by atoms with Crippen molar-refractivity contribution in [3.63, 3.8) is 0 Å². The molecule has 0 spiro atoms. The van der Waals surface area contributed by atoms with Crippen LogP contribution >= 0.6 is 11.6 Å². The lowest BCUT2D eigenvalue weighted by molar-refractivity contribution is -0.120. The molecule has 0 N–H and O–H groups in total. The molecule has 0 saturated heterocycles. The summed E-state index contributed by atoms with van der Waals surface area (Å²) in [6.45, 7) is 0. The van der Waals surface area contributed by atoms with Crippen LogP contribution in [0.15, 0.2) is 18.2 Å². The van der Waals surface area contributed by atoms with Crippen molar-refractivity contribution in [1.29, 1.82) is 0 Å². The van der Waals surface area contributed by atoms with Crippen LogP contribution in [-0.4, -0.2) is 5.78 Å². The minimum absolute atomic E-state index is 0.195. The third kappa shape index (κ3) is 1.99. The van der Waals surface area contributed by atoms with Gasteiger partial charge in [-0.05, 0) is 48.4 Å². The zero-order valence-electron chi connectivity index (χ0n) is 9.46. The highest BCUT2D eigenvalue weighted by Gasteiger charge is 2.55. The molecule has 3 rings (SSSR count). The number of ketones is 1. The van der Waals surface area contributed by atoms with Gasteiger partial charge in [-0.25, -0.2) is 4.39 Å². The molecule has 1 aromatic rings. The first-order chi connectivity index (χ1) is 8.16. The van der Waals surface area contributed by atoms with E-state index in [4.69, 9.17) is 11.6 Å². The number of halogens is 2. The van der Waals surface area contributed by atoms with Crippen molar-refractivity contribution in [1.82, 2.24) is 0 Å². The Morgan fingerprint density at radius 2 is 2.06 bits per heavy atom. The Labute approximate surface area is 105 Å². The average molecular weight is 253 g/mol. The van der Waals surface area contributed by atoms with Gasteiger partial charge in [-0.2, -0.15) is 0 Å². The highest BCUT2D eigenvalue weighted by molar-refractivity contribution is 6.30. The van der Waals surface area contributed by atoms with Crippen LogP contribution in [-0.2, 0) is 11.2 Å². The first kappa shape index (κ1) is 11.2. The van der Waals surface area contributed by atoms with Crippen LogP contribution < -0.4 is 0 Å². The quantitative estimate of drug-likeness (QED) is 0.803. The zero-order valence-corrected chi connectivity index (χ0v) is 10.2. The SMILES string of the molecule is O=C(Cc1cc(Cl)ccc1F)C1C2CCCC21. The lowest BCUT2D eigenvalue weighted by atomic mass is 10.0. The van der Waals surface area contributed by atoms with Crippen molar-refractivity contribution in [3.8, 4) is 0 Å². The van der Waals surface area contributed by atoms with Gasteiger partial charge in [0.2, 0.25) is 0 Å². The molecular formula is C14H14ClFO. The summed E-state index contributed by atoms with van der Waals surface area (Å²) < 4.78 is 13.5. The second-order valence-corrected chi connectivity index (χ2v) is 5.60. The molecular weight excluding hydrogens is 239 g/mol. The Hall–Kier alpha value is -0.890. The second kappa shape index (κ2) is 4.09. The van der Waals surface area contributed by atoms with Crippen molar-refractivity contribution in [2.24, 2.45) is 17.8 Å². The lowest BCUT2D eigenvalue weighted by Crippen LogP contribution is -2.10. The predicted molar refractivity (Wildman–Crippen MR) is 64.4 cm³/mol. The van der Waals surface area contributed by atoms with Crippen molar-refractivity contribution in [2.45, 2.75) is 25.7 Å². The standard InChI is InChI=1S/C14H14ClFO/c15-9-4-5-12(16)8(6-9)7-13(17)14-10-2-1-3-11(10)14/h4-6,10-11,14H,1-3,7H2. The number of hydrogen-bond donors (Lipinski definition) is 0. The van der Waals surface area contributed by atoms with Gasteiger partial charge in [0.15, 0.2) is 0 Å². The van der Waals surface area contributed by atoms with E-state index in [-0.39, 0.29) is 23.9 Å². The first-order valence-corrected chi connectivity index (χ1v) is 6.51. The fourth-order valence-electron chi connectivity index (χ4n) is 3.28. The maximum Gasteiger partial charge on any atom is 0.141 e. The van der Waals surface area contributed by atoms with Crippen molar-refractivity contribution in [3.05, 3.63) is 34.6 Å². The lowest BCUT2D eigenvalue weighted by Gasteiger charge is -2.05. The van der Waals surface area contributed by atoms with E-state index < -0.39 is 0 Å². The molecule has 2 unspecified atom stereocenters. The molecule has 2 atom stereocenters. The van der Waals surface area contributed by atoms with Gasteiger partial charge in [-0.3, -0.25) is 4.79 Å². The van der Waals surface area contributed by atoms with Crippen LogP contribution in [0, 0.1) is 23.6 Å². The van der Waals surface area contributed by atoms with Crippen LogP contribution in [0.2, 0.25) is 5.02 Å². The van der Waals surface area contributed by atoms with Gasteiger partial charge in [-0.1, -0.05) is 18.0 Å². The number of rotatable bonds is 3. The Kier molecular flexibility index (Phi) is 2.70. The summed E-state index contributed by atoms with van der Waals surface area (Å²) >= 11 is 5.81. The number of hydrogen-bond acceptors (Lipinski definition) is 1. The topological polar surface area (TPSA) is 17.1 Å². The summed E-state index contributed by atoms with van der Waals surface area (Å²) in [5, 5.41) is 0.491. The first-order valence-electron chi connectivity index (χ1n) is 6.13. The smallest absolute Gasteiger partial charge is 0.141 e. The highest BCUT2D eigenvalue weighted by Crippen LogP contribution is 2.58. The van der Waals surface area contributed by atoms with Gasteiger partial charge < -0.3 is 0 Å². The number of carbonyl (C=O) groups is 1. The molecule has 2 saturated carbocycles. The molecule has 0 amide bonds. The minimum atomic E-state index is -0.325. The minimum Gasteiger partial charge on any atom is -0.299 e. The van der Waals surface area contributed by atoms with Crippen LogP contribution in [0.4, 0.5) is 4.39 Å². The maximum absolute atomic E-state index is 13.5. The molecule has 2 aliphatic carbocycles. The summed E-state index contributed by atoms with van der Waals surface area (Å²) in [4.78, 5) is 12.0. The van der Waals surface area contributed by atoms with Crippen molar-refractivity contribution >= 4 is 17.4 Å². The normalized spacial score (nSPS) is 30.1. The zero-order chi connectivity index (χ0) is 12.0. The fraction of sp³-hybridized carbons (Fsp3) is 0.500. The van der Waals surface area contributed by atoms with Crippen molar-refractivity contribution < 1.29 is 9.18 Å². The predicted octanol–water partition coefficient (Wildman–Crippen LogP) is 3.64. The molecule has 90 valence electrons. The number of benzene rings is 1. The van der Waals surface area contributed by atoms with Gasteiger partial charge in [0, 0.05) is 17.4 Å². The van der Waals surface area contributed by atoms with Gasteiger partial charge in [0.05, 0.1) is 0 Å². The van der Waals surface area contributed by atoms with E-state index in [1.165, 1.54) is 31.4 Å². The van der Waals surface area contributed by atoms with E-state index in [0.717, 1.165) is 0 Å². The summed E-state index contributed by atoms with van der Waals surface area (Å²) in [5.41, 5.74) is 0.437. The Morgan fingerprint density at radius 3 is 2.76 bits per heavy atom. The third-order valence-electron chi connectivity index (χ3n) is 4.15. The highest BCUT2D eigenvalue weighted by atomic mass is 35.5. The fourth-order valence-corrected chi connectivity index (χ4v) is 3.48. The van der Waals surface area contributed by atoms with Crippen LogP contribution in [0.1, 0.15) is 24.8 Å². The molecule has 0 heterocycles. The summed E-state index contributed by atoms with van der Waals surface area (Å²) in [7, 11) is 0. The van der Waals surface area contributed by atoms with Gasteiger partial charge in [-0.15, -0.1) is 0 Å². The monoisotopic (exact) mass is 252 g/mol. The molecule has 0 aromatic heterocycles. The molecule has 1 aromatic carbocycles. The molecule has 2 fully saturated rings. The molecule has 1 nitrogen and oxygen atoms in total. The molecule has 0 bridgehead atoms. The van der Waals surface area contributed by atoms with E-state index in [9.17, 15) is 9.18 Å². The van der Waals surface area contributed by atoms with Gasteiger partial charge in [0.25, 0.3) is 0 Å². The number of carbonyl (C=O) groups excluding carboxylic acids is 1. The van der Waals surface area contributed by atoms with E-state index >= 15 is 0 Å². The number of fused-ring (bicyclic) bond motifs is 1. The van der Waals surface area contributed by atoms with Gasteiger partial charge >= 0.3 is 0 Å². The van der Waals surface area contributed by atoms with E-state index in [0.29, 0.717) is 22.4 Å². The van der Waals surface area contributed by atoms with Crippen LogP contribution in [0.5, 0.6) is 0 Å². The third-order valence-corrected chi connectivity index (χ3v) is 4.39. The number of Topliss-reactive ketones (excluding diaryl/α,β-unsaturated/α-hetero) is 1. The molecule has 17 heavy (non-hydrogen) atoms. The molecule has 0 aliphatic heterocycles. The van der Waals surface area contributed by atoms with E-state index in [2.05, 4.69) is 0 Å². The Morgan fingerprint density at radius 1 is 1.35 bits per heavy atom. The maximum atomic E-state index is 13.5. The van der Waals surface area contributed by atoms with E-state index in [1.807, 2.05) is 0 Å². The average Bonchev–Trinajstić information content (AvgIpc) is 2.78.